The van der Waals surface area contributed by atoms with Crippen molar-refractivity contribution in [2.75, 3.05) is 39.7 Å². The average molecular weight is 574 g/mol. The van der Waals surface area contributed by atoms with Crippen molar-refractivity contribution in [2.45, 2.75) is 45.1 Å². The molecule has 4 rings (SSSR count). The lowest BCUT2D eigenvalue weighted by Gasteiger charge is -2.19. The second-order valence-corrected chi connectivity index (χ2v) is 10.2. The summed E-state index contributed by atoms with van der Waals surface area (Å²) >= 11 is 0. The lowest BCUT2D eigenvalue weighted by Crippen LogP contribution is -2.26. The van der Waals surface area contributed by atoms with Gasteiger partial charge in [0.05, 0.1) is 33.1 Å². The van der Waals surface area contributed by atoms with Gasteiger partial charge in [0, 0.05) is 32.0 Å². The molecule has 9 nitrogen and oxygen atoms in total. The summed E-state index contributed by atoms with van der Waals surface area (Å²) in [6, 6.07) is 16.8. The monoisotopic (exact) mass is 573 g/mol. The Kier molecular flexibility index (Phi) is 10.4. The number of carbonyl (C=O) groups is 2. The van der Waals surface area contributed by atoms with Crippen molar-refractivity contribution in [3.63, 3.8) is 0 Å². The van der Waals surface area contributed by atoms with Crippen molar-refractivity contribution in [2.24, 2.45) is 0 Å². The van der Waals surface area contributed by atoms with Crippen molar-refractivity contribution in [3.05, 3.63) is 81.5 Å². The highest BCUT2D eigenvalue weighted by molar-refractivity contribution is 5.83. The third kappa shape index (κ3) is 7.21. The van der Waals surface area contributed by atoms with Crippen molar-refractivity contribution < 1.29 is 23.8 Å². The highest BCUT2D eigenvalue weighted by atomic mass is 16.5. The van der Waals surface area contributed by atoms with E-state index in [0.717, 1.165) is 23.1 Å². The molecule has 0 heterocycles. The molecule has 0 spiro atoms. The zero-order chi connectivity index (χ0) is 30.1. The SMILES string of the molecule is COc1cc2c(c(OC)c1OC)-c1ccc(NCCCC(=O)NCCc3ccccc3)c(=O)cc1[C@@H](NC(C)=O)CC2. The summed E-state index contributed by atoms with van der Waals surface area (Å²) in [5, 5.41) is 9.17. The van der Waals surface area contributed by atoms with Gasteiger partial charge < -0.3 is 30.2 Å². The van der Waals surface area contributed by atoms with E-state index in [1.165, 1.54) is 12.5 Å². The number of benzene rings is 2. The number of methoxy groups -OCH3 is 3. The molecule has 1 aliphatic carbocycles. The van der Waals surface area contributed by atoms with Gasteiger partial charge in [-0.1, -0.05) is 36.4 Å². The molecule has 3 aromatic rings. The van der Waals surface area contributed by atoms with Crippen LogP contribution in [0.5, 0.6) is 17.2 Å². The van der Waals surface area contributed by atoms with Crippen LogP contribution in [-0.2, 0) is 22.4 Å². The van der Waals surface area contributed by atoms with E-state index in [0.29, 0.717) is 67.3 Å². The van der Waals surface area contributed by atoms with Gasteiger partial charge in [0.15, 0.2) is 11.5 Å². The van der Waals surface area contributed by atoms with Crippen LogP contribution in [-0.4, -0.2) is 46.2 Å². The van der Waals surface area contributed by atoms with E-state index in [2.05, 4.69) is 16.0 Å². The van der Waals surface area contributed by atoms with E-state index in [1.54, 1.807) is 33.5 Å². The molecule has 42 heavy (non-hydrogen) atoms. The molecular weight excluding hydrogens is 534 g/mol. The van der Waals surface area contributed by atoms with Gasteiger partial charge in [0.2, 0.25) is 23.0 Å². The van der Waals surface area contributed by atoms with Crippen molar-refractivity contribution in [1.82, 2.24) is 10.6 Å². The molecule has 0 saturated carbocycles. The van der Waals surface area contributed by atoms with E-state index in [1.807, 2.05) is 42.5 Å². The van der Waals surface area contributed by atoms with Gasteiger partial charge in [0.25, 0.3) is 0 Å². The van der Waals surface area contributed by atoms with Crippen LogP contribution in [0, 0.1) is 0 Å². The van der Waals surface area contributed by atoms with E-state index < -0.39 is 0 Å². The Hall–Kier alpha value is -4.53. The largest absolute Gasteiger partial charge is 0.493 e. The van der Waals surface area contributed by atoms with Crippen LogP contribution < -0.4 is 35.6 Å². The van der Waals surface area contributed by atoms with Gasteiger partial charge in [-0.3, -0.25) is 14.4 Å². The minimum absolute atomic E-state index is 0.0216. The fraction of sp³-hybridized carbons (Fsp3) is 0.364. The van der Waals surface area contributed by atoms with Crippen LogP contribution in [0.4, 0.5) is 5.69 Å². The first kappa shape index (κ1) is 30.4. The standard InChI is InChI=1S/C33H39N3O6/c1-21(37)36-26-14-12-23-19-29(40-2)32(41-3)33(42-4)31(23)24-13-15-27(28(38)20-25(24)26)34-17-8-11-30(39)35-18-16-22-9-6-5-7-10-22/h5-7,9-10,13,15,19-20,26H,8,11-12,14,16-18H2,1-4H3,(H,34,38)(H,35,39)(H,36,37)/t26-/m0/s1. The van der Waals surface area contributed by atoms with Crippen LogP contribution in [0.2, 0.25) is 0 Å². The Morgan fingerprint density at radius 2 is 1.69 bits per heavy atom. The van der Waals surface area contributed by atoms with Crippen LogP contribution in [0.15, 0.2) is 59.4 Å². The van der Waals surface area contributed by atoms with E-state index >= 15 is 0 Å². The summed E-state index contributed by atoms with van der Waals surface area (Å²) < 4.78 is 17.0. The third-order valence-electron chi connectivity index (χ3n) is 7.39. The molecule has 1 aliphatic rings. The van der Waals surface area contributed by atoms with Crippen LogP contribution in [0.3, 0.4) is 0 Å². The molecule has 0 saturated heterocycles. The fourth-order valence-corrected chi connectivity index (χ4v) is 5.41. The molecule has 0 radical (unpaired) electrons. The van der Waals surface area contributed by atoms with E-state index in [-0.39, 0.29) is 23.3 Å². The summed E-state index contributed by atoms with van der Waals surface area (Å²) in [5.41, 5.74) is 4.61. The van der Waals surface area contributed by atoms with E-state index in [4.69, 9.17) is 14.2 Å². The van der Waals surface area contributed by atoms with Gasteiger partial charge in [0.1, 0.15) is 0 Å². The molecule has 3 N–H and O–H groups in total. The highest BCUT2D eigenvalue weighted by Crippen LogP contribution is 2.50. The average Bonchev–Trinajstić information content (AvgIpc) is 3.23. The number of rotatable bonds is 12. The summed E-state index contributed by atoms with van der Waals surface area (Å²) in [4.78, 5) is 37.8. The van der Waals surface area contributed by atoms with Gasteiger partial charge in [-0.25, -0.2) is 0 Å². The third-order valence-corrected chi connectivity index (χ3v) is 7.39. The lowest BCUT2D eigenvalue weighted by molar-refractivity contribution is -0.121. The van der Waals surface area contributed by atoms with Gasteiger partial charge >= 0.3 is 0 Å². The first-order valence-corrected chi connectivity index (χ1v) is 14.2. The predicted molar refractivity (Wildman–Crippen MR) is 164 cm³/mol. The van der Waals surface area contributed by atoms with Gasteiger partial charge in [-0.2, -0.15) is 0 Å². The quantitative estimate of drug-likeness (QED) is 0.275. The Bertz CT molecular complexity index is 1480. The Labute approximate surface area is 246 Å². The maximum absolute atomic E-state index is 13.4. The Morgan fingerprint density at radius 1 is 0.929 bits per heavy atom. The van der Waals surface area contributed by atoms with Gasteiger partial charge in [-0.05, 0) is 66.1 Å². The number of anilines is 1. The number of hydrogen-bond donors (Lipinski definition) is 3. The summed E-state index contributed by atoms with van der Waals surface area (Å²) in [6.45, 7) is 2.50. The number of hydrogen-bond acceptors (Lipinski definition) is 7. The second-order valence-electron chi connectivity index (χ2n) is 10.2. The molecule has 0 aliphatic heterocycles. The normalized spacial score (nSPS) is 13.6. The Balaban J connectivity index is 1.55. The summed E-state index contributed by atoms with van der Waals surface area (Å²) in [6.07, 6.45) is 2.91. The molecule has 1 atom stereocenters. The number of amides is 2. The maximum Gasteiger partial charge on any atom is 0.220 e. The molecule has 222 valence electrons. The van der Waals surface area contributed by atoms with Gasteiger partial charge in [-0.15, -0.1) is 0 Å². The molecule has 3 aromatic carbocycles. The lowest BCUT2D eigenvalue weighted by atomic mass is 9.95. The summed E-state index contributed by atoms with van der Waals surface area (Å²) in [5.74, 6) is 1.30. The topological polar surface area (TPSA) is 115 Å². The molecule has 0 unspecified atom stereocenters. The number of ether oxygens (including phenoxy) is 3. The minimum Gasteiger partial charge on any atom is -0.493 e. The zero-order valence-electron chi connectivity index (χ0n) is 24.7. The molecule has 0 fully saturated rings. The predicted octanol–water partition coefficient (Wildman–Crippen LogP) is 4.41. The number of fused-ring (bicyclic) bond motifs is 3. The van der Waals surface area contributed by atoms with Crippen LogP contribution >= 0.6 is 0 Å². The fourth-order valence-electron chi connectivity index (χ4n) is 5.41. The first-order valence-electron chi connectivity index (χ1n) is 14.2. The molecule has 2 amide bonds. The summed E-state index contributed by atoms with van der Waals surface area (Å²) in [7, 11) is 4.70. The Morgan fingerprint density at radius 3 is 2.38 bits per heavy atom. The number of carbonyl (C=O) groups excluding carboxylic acids is 2. The molecule has 0 bridgehead atoms. The molecular formula is C33H39N3O6. The van der Waals surface area contributed by atoms with Crippen molar-refractivity contribution in [1.29, 1.82) is 0 Å². The molecule has 0 aromatic heterocycles. The van der Waals surface area contributed by atoms with Crippen LogP contribution in [0.25, 0.3) is 11.1 Å². The van der Waals surface area contributed by atoms with Crippen molar-refractivity contribution >= 4 is 17.5 Å². The molecule has 9 heteroatoms. The first-order chi connectivity index (χ1) is 20.4. The minimum atomic E-state index is -0.376. The zero-order valence-corrected chi connectivity index (χ0v) is 24.7. The van der Waals surface area contributed by atoms with Crippen LogP contribution in [0.1, 0.15) is 48.9 Å². The second kappa shape index (κ2) is 14.4. The maximum atomic E-state index is 13.4. The number of aryl methyl sites for hydroxylation is 1. The number of nitrogens with one attached hydrogen (secondary N) is 3. The smallest absolute Gasteiger partial charge is 0.220 e. The van der Waals surface area contributed by atoms with E-state index in [9.17, 15) is 14.4 Å². The highest BCUT2D eigenvalue weighted by Gasteiger charge is 2.29. The van der Waals surface area contributed by atoms with Crippen molar-refractivity contribution in [3.8, 4) is 28.4 Å².